The molecular weight excluding hydrogens is 316 g/mol. The molecule has 5 nitrogen and oxygen atoms in total. The summed E-state index contributed by atoms with van der Waals surface area (Å²) in [5.41, 5.74) is 2.96. The van der Waals surface area contributed by atoms with Gasteiger partial charge in [-0.25, -0.2) is 0 Å². The van der Waals surface area contributed by atoms with Crippen molar-refractivity contribution in [2.45, 2.75) is 13.5 Å². The molecule has 0 unspecified atom stereocenters. The van der Waals surface area contributed by atoms with E-state index in [4.69, 9.17) is 14.7 Å². The Kier molecular flexibility index (Phi) is 6.19. The second kappa shape index (κ2) is 8.55. The molecule has 2 aromatic carbocycles. The van der Waals surface area contributed by atoms with Gasteiger partial charge < -0.3 is 14.8 Å². The third-order valence-electron chi connectivity index (χ3n) is 3.61. The van der Waals surface area contributed by atoms with Gasteiger partial charge in [-0.1, -0.05) is 35.9 Å². The maximum atomic E-state index is 11.6. The third kappa shape index (κ3) is 4.85. The number of nitrogens with one attached hydrogen (secondary N) is 1. The first kappa shape index (κ1) is 18.1. The topological polar surface area (TPSA) is 71.4 Å². The molecule has 1 amide bonds. The maximum Gasteiger partial charge on any atom is 0.261 e. The van der Waals surface area contributed by atoms with Crippen LogP contribution in [-0.2, 0) is 11.4 Å². The van der Waals surface area contributed by atoms with E-state index in [2.05, 4.69) is 5.32 Å². The normalized spacial score (nSPS) is 10.7. The van der Waals surface area contributed by atoms with E-state index in [0.29, 0.717) is 23.7 Å². The smallest absolute Gasteiger partial charge is 0.261 e. The highest BCUT2D eigenvalue weighted by Gasteiger charge is 2.09. The van der Waals surface area contributed by atoms with Crippen molar-refractivity contribution >= 4 is 12.0 Å². The highest BCUT2D eigenvalue weighted by Crippen LogP contribution is 2.29. The van der Waals surface area contributed by atoms with E-state index >= 15 is 0 Å². The van der Waals surface area contributed by atoms with Crippen molar-refractivity contribution in [1.29, 1.82) is 5.26 Å². The Hall–Kier alpha value is -3.26. The molecule has 0 saturated carbocycles. The minimum Gasteiger partial charge on any atom is -0.493 e. The Morgan fingerprint density at radius 2 is 1.92 bits per heavy atom. The Balaban J connectivity index is 2.18. The molecule has 5 heteroatoms. The van der Waals surface area contributed by atoms with E-state index < -0.39 is 5.91 Å². The molecule has 0 heterocycles. The van der Waals surface area contributed by atoms with Gasteiger partial charge >= 0.3 is 0 Å². The van der Waals surface area contributed by atoms with Gasteiger partial charge in [0.1, 0.15) is 18.2 Å². The van der Waals surface area contributed by atoms with Crippen molar-refractivity contribution in [2.24, 2.45) is 0 Å². The monoisotopic (exact) mass is 336 g/mol. The van der Waals surface area contributed by atoms with Gasteiger partial charge in [-0.2, -0.15) is 5.26 Å². The molecule has 25 heavy (non-hydrogen) atoms. The molecule has 0 aliphatic heterocycles. The highest BCUT2D eigenvalue weighted by atomic mass is 16.5. The molecule has 0 spiro atoms. The summed E-state index contributed by atoms with van der Waals surface area (Å²) in [6.45, 7) is 2.46. The number of amides is 1. The number of hydrogen-bond donors (Lipinski definition) is 1. The zero-order valence-corrected chi connectivity index (χ0v) is 14.5. The van der Waals surface area contributed by atoms with E-state index in [1.807, 2.05) is 37.3 Å². The summed E-state index contributed by atoms with van der Waals surface area (Å²) in [5, 5.41) is 11.5. The van der Waals surface area contributed by atoms with Crippen LogP contribution in [-0.4, -0.2) is 20.1 Å². The number of rotatable bonds is 6. The summed E-state index contributed by atoms with van der Waals surface area (Å²) in [4.78, 5) is 11.6. The van der Waals surface area contributed by atoms with Gasteiger partial charge in [0.05, 0.1) is 7.11 Å². The molecule has 0 saturated heterocycles. The average Bonchev–Trinajstić information content (AvgIpc) is 2.65. The predicted molar refractivity (Wildman–Crippen MR) is 96.2 cm³/mol. The van der Waals surface area contributed by atoms with Crippen molar-refractivity contribution in [3.05, 3.63) is 64.7 Å². The summed E-state index contributed by atoms with van der Waals surface area (Å²) in [6, 6.07) is 15.2. The average molecular weight is 336 g/mol. The van der Waals surface area contributed by atoms with Gasteiger partial charge in [0.25, 0.3) is 5.91 Å². The molecule has 0 atom stereocenters. The highest BCUT2D eigenvalue weighted by molar-refractivity contribution is 6.01. The quantitative estimate of drug-likeness (QED) is 0.649. The zero-order valence-electron chi connectivity index (χ0n) is 14.5. The Labute approximate surface area is 147 Å². The number of nitrogens with zero attached hydrogens (tertiary/aromatic N) is 1. The summed E-state index contributed by atoms with van der Waals surface area (Å²) < 4.78 is 11.2. The van der Waals surface area contributed by atoms with Gasteiger partial charge in [0.15, 0.2) is 11.5 Å². The molecule has 128 valence electrons. The molecule has 0 radical (unpaired) electrons. The number of carbonyl (C=O) groups is 1. The van der Waals surface area contributed by atoms with Gasteiger partial charge in [-0.05, 0) is 36.3 Å². The summed E-state index contributed by atoms with van der Waals surface area (Å²) in [7, 11) is 3.03. The summed E-state index contributed by atoms with van der Waals surface area (Å²) >= 11 is 0. The van der Waals surface area contributed by atoms with E-state index in [9.17, 15) is 4.79 Å². The second-order valence-electron chi connectivity index (χ2n) is 5.43. The number of hydrogen-bond acceptors (Lipinski definition) is 4. The van der Waals surface area contributed by atoms with Crippen LogP contribution in [0.1, 0.15) is 16.7 Å². The van der Waals surface area contributed by atoms with E-state index in [1.54, 1.807) is 25.3 Å². The molecule has 0 aromatic heterocycles. The van der Waals surface area contributed by atoms with Crippen LogP contribution in [0.25, 0.3) is 6.08 Å². The summed E-state index contributed by atoms with van der Waals surface area (Å²) in [5.74, 6) is 0.704. The summed E-state index contributed by atoms with van der Waals surface area (Å²) in [6.07, 6.45) is 1.51. The number of methoxy groups -OCH3 is 1. The van der Waals surface area contributed by atoms with Gasteiger partial charge in [0.2, 0.25) is 0 Å². The molecule has 0 fully saturated rings. The number of nitriles is 1. The first-order valence-corrected chi connectivity index (χ1v) is 7.77. The van der Waals surface area contributed by atoms with E-state index in [-0.39, 0.29) is 5.57 Å². The Bertz CT molecular complexity index is 818. The van der Waals surface area contributed by atoms with Crippen molar-refractivity contribution in [3.8, 4) is 17.6 Å². The minimum atomic E-state index is -0.429. The first-order valence-electron chi connectivity index (χ1n) is 7.77. The van der Waals surface area contributed by atoms with Gasteiger partial charge in [-0.15, -0.1) is 0 Å². The third-order valence-corrected chi connectivity index (χ3v) is 3.61. The molecular formula is C20H20N2O3. The van der Waals surface area contributed by atoms with Crippen molar-refractivity contribution in [1.82, 2.24) is 5.32 Å². The SMILES string of the molecule is CNC(=O)/C(C#N)=C\c1ccc(OCc2ccc(C)cc2)c(OC)c1. The number of aryl methyl sites for hydroxylation is 1. The number of ether oxygens (including phenoxy) is 2. The largest absolute Gasteiger partial charge is 0.493 e. The number of carbonyl (C=O) groups excluding carboxylic acids is 1. The molecule has 2 rings (SSSR count). The molecule has 1 N–H and O–H groups in total. The standard InChI is InChI=1S/C20H20N2O3/c1-14-4-6-15(7-5-14)13-25-18-9-8-16(11-19(18)24-3)10-17(12-21)20(23)22-2/h4-11H,13H2,1-3H3,(H,22,23)/b17-10-. The fraction of sp³-hybridized carbons (Fsp3) is 0.200. The van der Waals surface area contributed by atoms with Crippen LogP contribution < -0.4 is 14.8 Å². The Morgan fingerprint density at radius 3 is 2.52 bits per heavy atom. The van der Waals surface area contributed by atoms with Crippen molar-refractivity contribution in [3.63, 3.8) is 0 Å². The lowest BCUT2D eigenvalue weighted by Crippen LogP contribution is -2.19. The predicted octanol–water partition coefficient (Wildman–Crippen LogP) is 3.24. The lowest BCUT2D eigenvalue weighted by Gasteiger charge is -2.12. The van der Waals surface area contributed by atoms with Crippen LogP contribution in [0, 0.1) is 18.3 Å². The zero-order chi connectivity index (χ0) is 18.2. The van der Waals surface area contributed by atoms with Crippen LogP contribution >= 0.6 is 0 Å². The van der Waals surface area contributed by atoms with Crippen molar-refractivity contribution < 1.29 is 14.3 Å². The molecule has 2 aromatic rings. The van der Waals surface area contributed by atoms with Crippen LogP contribution in [0.5, 0.6) is 11.5 Å². The fourth-order valence-corrected chi connectivity index (χ4v) is 2.19. The van der Waals surface area contributed by atoms with Crippen molar-refractivity contribution in [2.75, 3.05) is 14.2 Å². The molecule has 0 bridgehead atoms. The minimum absolute atomic E-state index is 0.0258. The first-order chi connectivity index (χ1) is 12.1. The van der Waals surface area contributed by atoms with Gasteiger partial charge in [0, 0.05) is 7.05 Å². The number of benzene rings is 2. The number of likely N-dealkylation sites (N-methyl/N-ethyl adjacent to an activating group) is 1. The van der Waals surface area contributed by atoms with E-state index in [0.717, 1.165) is 5.56 Å². The van der Waals surface area contributed by atoms with Crippen LogP contribution in [0.3, 0.4) is 0 Å². The second-order valence-corrected chi connectivity index (χ2v) is 5.43. The lowest BCUT2D eigenvalue weighted by molar-refractivity contribution is -0.116. The maximum absolute atomic E-state index is 11.6. The molecule has 0 aliphatic carbocycles. The fourth-order valence-electron chi connectivity index (χ4n) is 2.19. The molecule has 0 aliphatic rings. The van der Waals surface area contributed by atoms with Gasteiger partial charge in [-0.3, -0.25) is 4.79 Å². The lowest BCUT2D eigenvalue weighted by atomic mass is 10.1. The van der Waals surface area contributed by atoms with Crippen LogP contribution in [0.2, 0.25) is 0 Å². The van der Waals surface area contributed by atoms with Crippen LogP contribution in [0.4, 0.5) is 0 Å². The van der Waals surface area contributed by atoms with E-state index in [1.165, 1.54) is 18.7 Å². The van der Waals surface area contributed by atoms with Crippen LogP contribution in [0.15, 0.2) is 48.0 Å². The Morgan fingerprint density at radius 1 is 1.20 bits per heavy atom.